The van der Waals surface area contributed by atoms with E-state index in [4.69, 9.17) is 4.74 Å². The Morgan fingerprint density at radius 3 is 3.00 bits per heavy atom. The molecular weight excluding hydrogens is 276 g/mol. The molecule has 6 nitrogen and oxygen atoms in total. The highest BCUT2D eigenvalue weighted by Gasteiger charge is 2.07. The minimum atomic E-state index is -0.329. The van der Waals surface area contributed by atoms with Crippen LogP contribution < -0.4 is 0 Å². The van der Waals surface area contributed by atoms with Crippen LogP contribution in [0.3, 0.4) is 0 Å². The quantitative estimate of drug-likeness (QED) is 0.476. The van der Waals surface area contributed by atoms with Gasteiger partial charge in [0.05, 0.1) is 6.61 Å². The topological polar surface area (TPSA) is 69.4 Å². The molecule has 0 saturated carbocycles. The number of fused-ring (bicyclic) bond motifs is 1. The standard InChI is InChI=1S/C13H16N4O2S/c1-4-19-11(18)6-5-7-20-13-15-12-14-9(2)8-10(3)17(12)16-13/h5-6,8H,4,7H2,1-3H3. The van der Waals surface area contributed by atoms with Crippen LogP contribution in [0, 0.1) is 13.8 Å². The Morgan fingerprint density at radius 2 is 2.25 bits per heavy atom. The number of ether oxygens (including phenoxy) is 1. The van der Waals surface area contributed by atoms with E-state index >= 15 is 0 Å². The van der Waals surface area contributed by atoms with Crippen LogP contribution in [0.15, 0.2) is 23.4 Å². The maximum atomic E-state index is 11.1. The second-order valence-corrected chi connectivity index (χ2v) is 5.10. The predicted molar refractivity (Wildman–Crippen MR) is 76.8 cm³/mol. The third-order valence-electron chi connectivity index (χ3n) is 2.45. The summed E-state index contributed by atoms with van der Waals surface area (Å²) in [6, 6.07) is 1.96. The summed E-state index contributed by atoms with van der Waals surface area (Å²) in [5.74, 6) is 0.872. The molecule has 2 aromatic heterocycles. The Kier molecular flexibility index (Phi) is 4.73. The van der Waals surface area contributed by atoms with E-state index in [2.05, 4.69) is 15.1 Å². The number of carbonyl (C=O) groups is 1. The van der Waals surface area contributed by atoms with Crippen molar-refractivity contribution in [3.05, 3.63) is 29.6 Å². The Morgan fingerprint density at radius 1 is 1.45 bits per heavy atom. The zero-order valence-corrected chi connectivity index (χ0v) is 12.5. The Hall–Kier alpha value is -1.89. The number of thioether (sulfide) groups is 1. The summed E-state index contributed by atoms with van der Waals surface area (Å²) in [6.45, 7) is 6.05. The third-order valence-corrected chi connectivity index (χ3v) is 3.24. The van der Waals surface area contributed by atoms with E-state index in [1.165, 1.54) is 17.8 Å². The SMILES string of the molecule is CCOC(=O)C=CCSc1nc2nc(C)cc(C)n2n1. The summed E-state index contributed by atoms with van der Waals surface area (Å²) >= 11 is 1.44. The van der Waals surface area contributed by atoms with Crippen LogP contribution in [-0.2, 0) is 9.53 Å². The van der Waals surface area contributed by atoms with Gasteiger partial charge in [-0.25, -0.2) is 14.3 Å². The van der Waals surface area contributed by atoms with Crippen LogP contribution in [0.5, 0.6) is 0 Å². The lowest BCUT2D eigenvalue weighted by Gasteiger charge is -1.97. The summed E-state index contributed by atoms with van der Waals surface area (Å²) in [5, 5.41) is 5.00. The molecule has 0 aliphatic carbocycles. The summed E-state index contributed by atoms with van der Waals surface area (Å²) in [5.41, 5.74) is 1.91. The molecule has 20 heavy (non-hydrogen) atoms. The van der Waals surface area contributed by atoms with Gasteiger partial charge < -0.3 is 4.74 Å². The van der Waals surface area contributed by atoms with Crippen molar-refractivity contribution in [3.8, 4) is 0 Å². The second kappa shape index (κ2) is 6.51. The van der Waals surface area contributed by atoms with E-state index in [1.807, 2.05) is 19.9 Å². The number of esters is 1. The van der Waals surface area contributed by atoms with Crippen LogP contribution in [0.25, 0.3) is 5.78 Å². The lowest BCUT2D eigenvalue weighted by atomic mass is 10.4. The lowest BCUT2D eigenvalue weighted by Crippen LogP contribution is -1.98. The summed E-state index contributed by atoms with van der Waals surface area (Å²) in [4.78, 5) is 19.8. The molecule has 106 valence electrons. The van der Waals surface area contributed by atoms with Gasteiger partial charge in [0.1, 0.15) is 0 Å². The Bertz CT molecular complexity index is 651. The molecule has 0 N–H and O–H groups in total. The fourth-order valence-corrected chi connectivity index (χ4v) is 2.29. The maximum absolute atomic E-state index is 11.1. The number of carbonyl (C=O) groups excluding carboxylic acids is 1. The van der Waals surface area contributed by atoms with Gasteiger partial charge >= 0.3 is 5.97 Å². The van der Waals surface area contributed by atoms with Gasteiger partial charge in [-0.15, -0.1) is 5.10 Å². The Balaban J connectivity index is 2.00. The van der Waals surface area contributed by atoms with Gasteiger partial charge in [0, 0.05) is 23.2 Å². The van der Waals surface area contributed by atoms with Crippen LogP contribution in [0.1, 0.15) is 18.3 Å². The fourth-order valence-electron chi connectivity index (χ4n) is 1.67. The van der Waals surface area contributed by atoms with Gasteiger partial charge in [0.15, 0.2) is 0 Å². The molecule has 0 amide bonds. The van der Waals surface area contributed by atoms with E-state index in [0.717, 1.165) is 11.4 Å². The average Bonchev–Trinajstić information content (AvgIpc) is 2.78. The first-order valence-corrected chi connectivity index (χ1v) is 7.26. The normalized spacial score (nSPS) is 11.3. The fraction of sp³-hybridized carbons (Fsp3) is 0.385. The molecule has 2 heterocycles. The highest BCUT2D eigenvalue weighted by atomic mass is 32.2. The van der Waals surface area contributed by atoms with Gasteiger partial charge in [-0.05, 0) is 26.8 Å². The van der Waals surface area contributed by atoms with Crippen molar-refractivity contribution in [3.63, 3.8) is 0 Å². The molecule has 0 fully saturated rings. The summed E-state index contributed by atoms with van der Waals surface area (Å²) in [6.07, 6.45) is 3.15. The van der Waals surface area contributed by atoms with Crippen molar-refractivity contribution in [2.24, 2.45) is 0 Å². The largest absolute Gasteiger partial charge is 0.463 e. The van der Waals surface area contributed by atoms with Crippen molar-refractivity contribution in [2.45, 2.75) is 25.9 Å². The van der Waals surface area contributed by atoms with E-state index in [-0.39, 0.29) is 5.97 Å². The predicted octanol–water partition coefficient (Wildman–Crippen LogP) is 1.95. The van der Waals surface area contributed by atoms with Crippen molar-refractivity contribution in [2.75, 3.05) is 12.4 Å². The zero-order valence-electron chi connectivity index (χ0n) is 11.7. The molecule has 0 atom stereocenters. The van der Waals surface area contributed by atoms with Crippen LogP contribution in [-0.4, -0.2) is 37.9 Å². The molecule has 0 aliphatic heterocycles. The molecule has 7 heteroatoms. The number of hydrogen-bond donors (Lipinski definition) is 0. The van der Waals surface area contributed by atoms with E-state index in [9.17, 15) is 4.79 Å². The molecule has 0 spiro atoms. The number of aromatic nitrogens is 4. The minimum Gasteiger partial charge on any atom is -0.463 e. The average molecular weight is 292 g/mol. The number of rotatable bonds is 5. The molecule has 0 bridgehead atoms. The molecule has 0 unspecified atom stereocenters. The molecule has 2 rings (SSSR count). The van der Waals surface area contributed by atoms with Gasteiger partial charge in [0.25, 0.3) is 5.78 Å². The first-order valence-electron chi connectivity index (χ1n) is 6.27. The zero-order chi connectivity index (χ0) is 14.5. The lowest BCUT2D eigenvalue weighted by molar-refractivity contribution is -0.137. The summed E-state index contributed by atoms with van der Waals surface area (Å²) < 4.78 is 6.50. The van der Waals surface area contributed by atoms with Gasteiger partial charge in [-0.1, -0.05) is 17.8 Å². The van der Waals surface area contributed by atoms with Crippen molar-refractivity contribution in [1.82, 2.24) is 19.6 Å². The highest BCUT2D eigenvalue weighted by Crippen LogP contribution is 2.15. The minimum absolute atomic E-state index is 0.329. The number of nitrogens with zero attached hydrogens (tertiary/aromatic N) is 4. The molecule has 0 radical (unpaired) electrons. The van der Waals surface area contributed by atoms with Gasteiger partial charge in [-0.3, -0.25) is 0 Å². The first-order chi connectivity index (χ1) is 9.60. The van der Waals surface area contributed by atoms with Crippen molar-refractivity contribution >= 4 is 23.5 Å². The summed E-state index contributed by atoms with van der Waals surface area (Å²) in [7, 11) is 0. The maximum Gasteiger partial charge on any atom is 0.330 e. The first kappa shape index (κ1) is 14.5. The molecule has 0 aromatic carbocycles. The number of aryl methyl sites for hydroxylation is 2. The van der Waals surface area contributed by atoms with E-state index in [1.54, 1.807) is 17.5 Å². The second-order valence-electron chi connectivity index (χ2n) is 4.11. The van der Waals surface area contributed by atoms with Crippen LogP contribution >= 0.6 is 11.8 Å². The third kappa shape index (κ3) is 3.57. The van der Waals surface area contributed by atoms with Crippen molar-refractivity contribution in [1.29, 1.82) is 0 Å². The van der Waals surface area contributed by atoms with E-state index < -0.39 is 0 Å². The molecule has 0 saturated heterocycles. The molecule has 0 aliphatic rings. The number of hydrogen-bond acceptors (Lipinski definition) is 6. The smallest absolute Gasteiger partial charge is 0.330 e. The van der Waals surface area contributed by atoms with Crippen LogP contribution in [0.2, 0.25) is 0 Å². The molecule has 2 aromatic rings. The van der Waals surface area contributed by atoms with Gasteiger partial charge in [-0.2, -0.15) is 4.98 Å². The molecular formula is C13H16N4O2S. The van der Waals surface area contributed by atoms with Crippen molar-refractivity contribution < 1.29 is 9.53 Å². The Labute approximate surface area is 121 Å². The highest BCUT2D eigenvalue weighted by molar-refractivity contribution is 7.99. The van der Waals surface area contributed by atoms with Crippen LogP contribution in [0.4, 0.5) is 0 Å². The van der Waals surface area contributed by atoms with Gasteiger partial charge in [0.2, 0.25) is 5.16 Å². The van der Waals surface area contributed by atoms with E-state index in [0.29, 0.717) is 23.3 Å². The monoisotopic (exact) mass is 292 g/mol.